The van der Waals surface area contributed by atoms with Crippen LogP contribution in [0.1, 0.15) is 17.0 Å². The van der Waals surface area contributed by atoms with E-state index in [0.717, 1.165) is 5.76 Å². The van der Waals surface area contributed by atoms with Gasteiger partial charge < -0.3 is 9.15 Å². The molecular formula is C22H18N2O4S. The molecule has 3 heterocycles. The SMILES string of the molecule is COc1ccc(C2=C(SCc3ccco3)C(=O)N(Cc3ccccn3)C2=O)cc1. The molecule has 146 valence electrons. The number of imide groups is 1. The van der Waals surface area contributed by atoms with Gasteiger partial charge in [0.2, 0.25) is 0 Å². The first kappa shape index (κ1) is 19.0. The average Bonchev–Trinajstić information content (AvgIpc) is 3.35. The molecule has 2 amide bonds. The van der Waals surface area contributed by atoms with Gasteiger partial charge in [0.05, 0.1) is 41.8 Å². The molecule has 0 N–H and O–H groups in total. The second-order valence-electron chi connectivity index (χ2n) is 6.32. The van der Waals surface area contributed by atoms with Crippen molar-refractivity contribution in [2.45, 2.75) is 12.3 Å². The highest BCUT2D eigenvalue weighted by Crippen LogP contribution is 2.38. The van der Waals surface area contributed by atoms with Gasteiger partial charge in [-0.1, -0.05) is 18.2 Å². The van der Waals surface area contributed by atoms with Crippen LogP contribution in [0.2, 0.25) is 0 Å². The predicted molar refractivity (Wildman–Crippen MR) is 110 cm³/mol. The van der Waals surface area contributed by atoms with Gasteiger partial charge in [-0.2, -0.15) is 0 Å². The molecule has 3 aromatic rings. The van der Waals surface area contributed by atoms with Gasteiger partial charge in [-0.05, 0) is 42.0 Å². The Kier molecular flexibility index (Phi) is 5.48. The molecule has 29 heavy (non-hydrogen) atoms. The van der Waals surface area contributed by atoms with Gasteiger partial charge in [-0.25, -0.2) is 0 Å². The van der Waals surface area contributed by atoms with E-state index < -0.39 is 0 Å². The maximum absolute atomic E-state index is 13.2. The third kappa shape index (κ3) is 3.95. The first-order chi connectivity index (χ1) is 14.2. The van der Waals surface area contributed by atoms with E-state index >= 15 is 0 Å². The van der Waals surface area contributed by atoms with Gasteiger partial charge in [-0.3, -0.25) is 19.5 Å². The van der Waals surface area contributed by atoms with E-state index in [2.05, 4.69) is 4.98 Å². The van der Waals surface area contributed by atoms with Crippen molar-refractivity contribution in [3.05, 3.63) is 89.0 Å². The van der Waals surface area contributed by atoms with Crippen LogP contribution < -0.4 is 4.74 Å². The highest BCUT2D eigenvalue weighted by atomic mass is 32.2. The minimum absolute atomic E-state index is 0.128. The van der Waals surface area contributed by atoms with E-state index in [4.69, 9.17) is 9.15 Å². The summed E-state index contributed by atoms with van der Waals surface area (Å²) in [6.45, 7) is 0.128. The molecule has 0 aliphatic carbocycles. The second kappa shape index (κ2) is 8.36. The van der Waals surface area contributed by atoms with E-state index in [1.54, 1.807) is 62.0 Å². The number of ether oxygens (including phenoxy) is 1. The zero-order chi connectivity index (χ0) is 20.2. The quantitative estimate of drug-likeness (QED) is 0.554. The minimum Gasteiger partial charge on any atom is -0.497 e. The smallest absolute Gasteiger partial charge is 0.268 e. The molecule has 2 aromatic heterocycles. The van der Waals surface area contributed by atoms with Crippen molar-refractivity contribution in [2.75, 3.05) is 7.11 Å². The van der Waals surface area contributed by atoms with Gasteiger partial charge in [-0.15, -0.1) is 11.8 Å². The van der Waals surface area contributed by atoms with Crippen molar-refractivity contribution in [3.63, 3.8) is 0 Å². The van der Waals surface area contributed by atoms with E-state index in [0.29, 0.717) is 33.2 Å². The molecule has 0 bridgehead atoms. The lowest BCUT2D eigenvalue weighted by Crippen LogP contribution is -2.31. The molecule has 0 radical (unpaired) electrons. The highest BCUT2D eigenvalue weighted by molar-refractivity contribution is 8.03. The molecule has 1 aliphatic heterocycles. The second-order valence-corrected chi connectivity index (χ2v) is 7.30. The minimum atomic E-state index is -0.326. The Morgan fingerprint density at radius 1 is 1.03 bits per heavy atom. The Balaban J connectivity index is 1.67. The molecule has 1 aliphatic rings. The molecule has 0 saturated carbocycles. The number of hydrogen-bond donors (Lipinski definition) is 0. The molecule has 7 heteroatoms. The Labute approximate surface area is 172 Å². The van der Waals surface area contributed by atoms with Crippen LogP contribution in [0.25, 0.3) is 5.57 Å². The molecule has 0 saturated heterocycles. The third-order valence-electron chi connectivity index (χ3n) is 4.49. The van der Waals surface area contributed by atoms with Crippen molar-refractivity contribution in [1.29, 1.82) is 0 Å². The molecule has 0 unspecified atom stereocenters. The van der Waals surface area contributed by atoms with Gasteiger partial charge >= 0.3 is 0 Å². The average molecular weight is 406 g/mol. The fraction of sp³-hybridized carbons (Fsp3) is 0.136. The fourth-order valence-electron chi connectivity index (χ4n) is 3.04. The van der Waals surface area contributed by atoms with Crippen LogP contribution in [0.4, 0.5) is 0 Å². The van der Waals surface area contributed by atoms with E-state index in [9.17, 15) is 9.59 Å². The summed E-state index contributed by atoms with van der Waals surface area (Å²) >= 11 is 1.30. The van der Waals surface area contributed by atoms with Gasteiger partial charge in [0, 0.05) is 6.20 Å². The number of rotatable bonds is 7. The van der Waals surface area contributed by atoms with Crippen molar-refractivity contribution < 1.29 is 18.7 Å². The number of thioether (sulfide) groups is 1. The summed E-state index contributed by atoms with van der Waals surface area (Å²) in [6.07, 6.45) is 3.23. The Morgan fingerprint density at radius 2 is 1.86 bits per heavy atom. The maximum atomic E-state index is 13.2. The number of hydrogen-bond acceptors (Lipinski definition) is 6. The van der Waals surface area contributed by atoms with Gasteiger partial charge in [0.25, 0.3) is 11.8 Å². The van der Waals surface area contributed by atoms with Crippen LogP contribution in [-0.2, 0) is 21.9 Å². The van der Waals surface area contributed by atoms with Crippen molar-refractivity contribution >= 4 is 29.1 Å². The van der Waals surface area contributed by atoms with E-state index in [1.807, 2.05) is 12.1 Å². The normalized spacial score (nSPS) is 14.0. The summed E-state index contributed by atoms with van der Waals surface area (Å²) in [5.74, 6) is 1.23. The van der Waals surface area contributed by atoms with Crippen LogP contribution in [0.3, 0.4) is 0 Å². The predicted octanol–water partition coefficient (Wildman–Crippen LogP) is 3.90. The number of aromatic nitrogens is 1. The number of carbonyl (C=O) groups is 2. The number of methoxy groups -OCH3 is 1. The number of nitrogens with zero attached hydrogens (tertiary/aromatic N) is 2. The van der Waals surface area contributed by atoms with Crippen LogP contribution in [0.15, 0.2) is 76.4 Å². The number of furan rings is 1. The Morgan fingerprint density at radius 3 is 2.52 bits per heavy atom. The lowest BCUT2D eigenvalue weighted by atomic mass is 10.1. The first-order valence-corrected chi connectivity index (χ1v) is 9.96. The van der Waals surface area contributed by atoms with Crippen LogP contribution in [0, 0.1) is 0 Å². The monoisotopic (exact) mass is 406 g/mol. The number of benzene rings is 1. The van der Waals surface area contributed by atoms with Crippen LogP contribution in [0.5, 0.6) is 5.75 Å². The summed E-state index contributed by atoms with van der Waals surface area (Å²) in [4.78, 5) is 32.2. The lowest BCUT2D eigenvalue weighted by molar-refractivity contribution is -0.137. The summed E-state index contributed by atoms with van der Waals surface area (Å²) in [7, 11) is 1.58. The highest BCUT2D eigenvalue weighted by Gasteiger charge is 2.39. The zero-order valence-corrected chi connectivity index (χ0v) is 16.5. The third-order valence-corrected chi connectivity index (χ3v) is 5.59. The van der Waals surface area contributed by atoms with Crippen molar-refractivity contribution in [3.8, 4) is 5.75 Å². The number of amides is 2. The molecular weight excluding hydrogens is 388 g/mol. The van der Waals surface area contributed by atoms with Crippen LogP contribution in [-0.4, -0.2) is 28.8 Å². The van der Waals surface area contributed by atoms with Gasteiger partial charge in [0.15, 0.2) is 0 Å². The topological polar surface area (TPSA) is 72.6 Å². The van der Waals surface area contributed by atoms with Crippen LogP contribution >= 0.6 is 11.8 Å². The summed E-state index contributed by atoms with van der Waals surface area (Å²) in [6, 6.07) is 16.2. The summed E-state index contributed by atoms with van der Waals surface area (Å²) in [5.41, 5.74) is 1.72. The largest absolute Gasteiger partial charge is 0.497 e. The number of carbonyl (C=O) groups excluding carboxylic acids is 2. The molecule has 1 aromatic carbocycles. The molecule has 4 rings (SSSR count). The molecule has 0 spiro atoms. The maximum Gasteiger partial charge on any atom is 0.268 e. The molecule has 0 fully saturated rings. The zero-order valence-electron chi connectivity index (χ0n) is 15.7. The molecule has 0 atom stereocenters. The Hall–Kier alpha value is -3.32. The van der Waals surface area contributed by atoms with Gasteiger partial charge in [0.1, 0.15) is 11.5 Å². The lowest BCUT2D eigenvalue weighted by Gasteiger charge is -2.14. The van der Waals surface area contributed by atoms with Crippen molar-refractivity contribution in [2.24, 2.45) is 0 Å². The summed E-state index contributed by atoms with van der Waals surface area (Å²) < 4.78 is 10.6. The fourth-order valence-corrected chi connectivity index (χ4v) is 4.07. The van der Waals surface area contributed by atoms with E-state index in [1.165, 1.54) is 16.7 Å². The summed E-state index contributed by atoms with van der Waals surface area (Å²) in [5, 5.41) is 0. The van der Waals surface area contributed by atoms with Crippen molar-refractivity contribution in [1.82, 2.24) is 9.88 Å². The Bertz CT molecular complexity index is 1040. The number of pyridine rings is 1. The standard InChI is InChI=1S/C22H18N2O4S/c1-27-17-9-7-15(8-10-17)19-20(29-14-18-6-4-12-28-18)22(26)24(21(19)25)13-16-5-2-3-11-23-16/h2-12H,13-14H2,1H3. The van der Waals surface area contributed by atoms with E-state index in [-0.39, 0.29) is 18.4 Å². The first-order valence-electron chi connectivity index (χ1n) is 8.97. The molecule has 6 nitrogen and oxygen atoms in total.